The Bertz CT molecular complexity index is 709. The minimum absolute atomic E-state index is 0.0755. The van der Waals surface area contributed by atoms with Crippen molar-refractivity contribution in [1.82, 2.24) is 25.7 Å². The molecule has 3 heterocycles. The van der Waals surface area contributed by atoms with Gasteiger partial charge < -0.3 is 15.1 Å². The second-order valence-corrected chi connectivity index (χ2v) is 7.40. The highest BCUT2D eigenvalue weighted by Gasteiger charge is 2.49. The van der Waals surface area contributed by atoms with Gasteiger partial charge >= 0.3 is 16.4 Å². The number of hydrogen-bond donors (Lipinski definition) is 3. The first-order valence-electron chi connectivity index (χ1n) is 8.43. The number of rotatable bonds is 6. The summed E-state index contributed by atoms with van der Waals surface area (Å²) in [7, 11) is -4.84. The van der Waals surface area contributed by atoms with Gasteiger partial charge in [-0.05, 0) is 12.8 Å². The molecular formula is C13H21N5O8S. The maximum atomic E-state index is 12.3. The number of nitrogens with one attached hydrogen (secondary N) is 2. The number of piperazine rings is 1. The fourth-order valence-electron chi connectivity index (χ4n) is 3.35. The van der Waals surface area contributed by atoms with Crippen molar-refractivity contribution in [3.63, 3.8) is 0 Å². The maximum Gasteiger partial charge on any atom is 0.418 e. The summed E-state index contributed by atoms with van der Waals surface area (Å²) < 4.78 is 34.8. The third kappa shape index (κ3) is 4.65. The molecule has 0 unspecified atom stereocenters. The molecule has 3 aliphatic heterocycles. The Balaban J connectivity index is 1.49. The van der Waals surface area contributed by atoms with Gasteiger partial charge in [0.15, 0.2) is 6.61 Å². The summed E-state index contributed by atoms with van der Waals surface area (Å²) in [4.78, 5) is 44.2. The van der Waals surface area contributed by atoms with Crippen LogP contribution < -0.4 is 10.8 Å². The van der Waals surface area contributed by atoms with E-state index in [0.717, 1.165) is 4.90 Å². The molecular weight excluding hydrogens is 386 g/mol. The molecule has 2 atom stereocenters. The Labute approximate surface area is 155 Å². The number of amides is 4. The fraction of sp³-hybridized carbons (Fsp3) is 0.769. The van der Waals surface area contributed by atoms with Gasteiger partial charge in [0.25, 0.3) is 11.8 Å². The van der Waals surface area contributed by atoms with Gasteiger partial charge in [-0.2, -0.15) is 13.5 Å². The molecule has 3 saturated heterocycles. The predicted octanol–water partition coefficient (Wildman–Crippen LogP) is -2.53. The van der Waals surface area contributed by atoms with Gasteiger partial charge in [0, 0.05) is 32.7 Å². The van der Waals surface area contributed by atoms with Crippen molar-refractivity contribution < 1.29 is 36.5 Å². The second kappa shape index (κ2) is 7.93. The van der Waals surface area contributed by atoms with E-state index < -0.39 is 34.4 Å². The highest BCUT2D eigenvalue weighted by Crippen LogP contribution is 2.30. The lowest BCUT2D eigenvalue weighted by molar-refractivity contribution is -0.147. The van der Waals surface area contributed by atoms with E-state index in [2.05, 4.69) is 15.1 Å². The molecule has 152 valence electrons. The van der Waals surface area contributed by atoms with Crippen LogP contribution in [0.3, 0.4) is 0 Å². The van der Waals surface area contributed by atoms with Crippen LogP contribution in [0.25, 0.3) is 0 Å². The van der Waals surface area contributed by atoms with Gasteiger partial charge in [-0.3, -0.25) is 19.0 Å². The van der Waals surface area contributed by atoms with Crippen molar-refractivity contribution in [2.75, 3.05) is 39.3 Å². The molecule has 4 amide bonds. The Morgan fingerprint density at radius 2 is 1.96 bits per heavy atom. The first kappa shape index (κ1) is 19.8. The average molecular weight is 407 g/mol. The molecule has 0 radical (unpaired) electrons. The van der Waals surface area contributed by atoms with Crippen molar-refractivity contribution in [1.29, 1.82) is 0 Å². The highest BCUT2D eigenvalue weighted by atomic mass is 32.3. The maximum absolute atomic E-state index is 12.3. The Kier molecular flexibility index (Phi) is 5.81. The van der Waals surface area contributed by atoms with E-state index in [0.29, 0.717) is 37.7 Å². The normalized spacial score (nSPS) is 25.7. The molecule has 0 aromatic carbocycles. The van der Waals surface area contributed by atoms with Crippen LogP contribution in [0.1, 0.15) is 12.8 Å². The molecule has 0 aromatic heterocycles. The van der Waals surface area contributed by atoms with E-state index in [-0.39, 0.29) is 25.5 Å². The predicted molar refractivity (Wildman–Crippen MR) is 86.9 cm³/mol. The number of hydrogen-bond acceptors (Lipinski definition) is 8. The molecule has 3 rings (SSSR count). The van der Waals surface area contributed by atoms with Crippen LogP contribution >= 0.6 is 0 Å². The van der Waals surface area contributed by atoms with Crippen molar-refractivity contribution in [3.8, 4) is 0 Å². The van der Waals surface area contributed by atoms with Crippen LogP contribution in [0.4, 0.5) is 4.79 Å². The van der Waals surface area contributed by atoms with Crippen LogP contribution in [-0.2, 0) is 29.1 Å². The molecule has 0 aromatic rings. The Morgan fingerprint density at radius 1 is 1.26 bits per heavy atom. The van der Waals surface area contributed by atoms with Gasteiger partial charge in [-0.1, -0.05) is 0 Å². The first-order valence-corrected chi connectivity index (χ1v) is 9.80. The van der Waals surface area contributed by atoms with Crippen molar-refractivity contribution in [3.05, 3.63) is 0 Å². The third-order valence-corrected chi connectivity index (χ3v) is 4.99. The number of fused-ring (bicyclic) bond motifs is 2. The van der Waals surface area contributed by atoms with E-state index in [1.165, 1.54) is 0 Å². The fourth-order valence-corrected chi connectivity index (χ4v) is 3.74. The summed E-state index contributed by atoms with van der Waals surface area (Å²) in [5.74, 6) is -0.880. The molecule has 0 aliphatic carbocycles. The Morgan fingerprint density at radius 3 is 2.63 bits per heavy atom. The molecule has 3 fully saturated rings. The lowest BCUT2D eigenvalue weighted by atomic mass is 10.0. The van der Waals surface area contributed by atoms with E-state index in [9.17, 15) is 22.8 Å². The second-order valence-electron chi connectivity index (χ2n) is 6.40. The monoisotopic (exact) mass is 407 g/mol. The largest absolute Gasteiger partial charge is 0.418 e. The molecule has 0 saturated carbocycles. The topological polar surface area (TPSA) is 158 Å². The van der Waals surface area contributed by atoms with E-state index in [1.54, 1.807) is 4.90 Å². The summed E-state index contributed by atoms with van der Waals surface area (Å²) >= 11 is 0. The summed E-state index contributed by atoms with van der Waals surface area (Å²) in [5.41, 5.74) is 2.17. The molecule has 14 heteroatoms. The minimum Gasteiger partial charge on any atom is -0.338 e. The smallest absolute Gasteiger partial charge is 0.338 e. The van der Waals surface area contributed by atoms with Crippen molar-refractivity contribution in [2.24, 2.45) is 0 Å². The van der Waals surface area contributed by atoms with Gasteiger partial charge in [-0.15, -0.1) is 4.28 Å². The summed E-state index contributed by atoms with van der Waals surface area (Å²) in [6, 6.07) is -2.32. The number of nitrogens with zero attached hydrogens (tertiary/aromatic N) is 3. The first-order chi connectivity index (χ1) is 12.8. The Hall–Kier alpha value is -2.00. The zero-order valence-electron chi connectivity index (χ0n) is 14.4. The lowest BCUT2D eigenvalue weighted by Crippen LogP contribution is -2.51. The quantitative estimate of drug-likeness (QED) is 0.319. The summed E-state index contributed by atoms with van der Waals surface area (Å²) in [6.07, 6.45) is 0.554. The van der Waals surface area contributed by atoms with E-state index >= 15 is 0 Å². The van der Waals surface area contributed by atoms with Crippen molar-refractivity contribution >= 4 is 28.2 Å². The zero-order chi connectivity index (χ0) is 19.6. The lowest BCUT2D eigenvalue weighted by Gasteiger charge is -2.29. The standard InChI is InChI=1S/C13H21N5O8S/c19-11(16-5-3-14-4-6-16)8-25-15-12(20)10-2-1-9-7-17(10)13(21)18(9)26-27(22,23)24/h9-10,14H,1-8H2,(H,15,20)(H,22,23,24)/t9-,10+/m1/s1. The molecule has 27 heavy (non-hydrogen) atoms. The molecule has 3 N–H and O–H groups in total. The number of carbonyl (C=O) groups is 3. The average Bonchev–Trinajstić information content (AvgIpc) is 2.86. The van der Waals surface area contributed by atoms with Gasteiger partial charge in [-0.25, -0.2) is 10.3 Å². The number of hydroxylamine groups is 3. The van der Waals surface area contributed by atoms with Gasteiger partial charge in [0.05, 0.1) is 6.04 Å². The third-order valence-electron chi connectivity index (χ3n) is 4.64. The molecule has 3 aliphatic rings. The van der Waals surface area contributed by atoms with Crippen LogP contribution in [0.15, 0.2) is 0 Å². The van der Waals surface area contributed by atoms with Crippen molar-refractivity contribution in [2.45, 2.75) is 24.9 Å². The summed E-state index contributed by atoms with van der Waals surface area (Å²) in [6.45, 7) is 2.26. The highest BCUT2D eigenvalue weighted by molar-refractivity contribution is 7.80. The number of carbonyl (C=O) groups excluding carboxylic acids is 3. The van der Waals surface area contributed by atoms with Crippen LogP contribution in [0.5, 0.6) is 0 Å². The summed E-state index contributed by atoms with van der Waals surface area (Å²) in [5, 5.41) is 3.67. The van der Waals surface area contributed by atoms with E-state index in [1.807, 2.05) is 0 Å². The molecule has 13 nitrogen and oxygen atoms in total. The van der Waals surface area contributed by atoms with Gasteiger partial charge in [0.1, 0.15) is 6.04 Å². The SMILES string of the molecule is O=C(NOCC(=O)N1CCNCC1)[C@@H]1CC[C@@H]2CN1C(=O)N2OS(=O)(=O)O. The van der Waals surface area contributed by atoms with E-state index in [4.69, 9.17) is 9.39 Å². The number of piperidine rings is 1. The molecule has 2 bridgehead atoms. The van der Waals surface area contributed by atoms with Gasteiger partial charge in [0.2, 0.25) is 0 Å². The zero-order valence-corrected chi connectivity index (χ0v) is 15.2. The minimum atomic E-state index is -4.84. The van der Waals surface area contributed by atoms with Crippen LogP contribution in [0.2, 0.25) is 0 Å². The molecule has 0 spiro atoms. The number of urea groups is 1. The van der Waals surface area contributed by atoms with Crippen LogP contribution in [-0.4, -0.2) is 97.1 Å². The van der Waals surface area contributed by atoms with Crippen LogP contribution in [0, 0.1) is 0 Å².